The van der Waals surface area contributed by atoms with Crippen LogP contribution < -0.4 is 0 Å². The summed E-state index contributed by atoms with van der Waals surface area (Å²) in [7, 11) is 0. The molecule has 0 aliphatic heterocycles. The molecule has 0 spiro atoms. The number of rotatable bonds is 2. The van der Waals surface area contributed by atoms with Gasteiger partial charge in [0.2, 0.25) is 0 Å². The summed E-state index contributed by atoms with van der Waals surface area (Å²) in [4.78, 5) is 0. The van der Waals surface area contributed by atoms with E-state index in [0.717, 1.165) is 11.4 Å². The molecule has 1 aromatic heterocycles. The Balaban J connectivity index is 2.00. The average Bonchev–Trinajstić information content (AvgIpc) is 2.95. The number of nitrogens with one attached hydrogen (secondary N) is 1. The van der Waals surface area contributed by atoms with Crippen molar-refractivity contribution >= 4 is 11.6 Å². The third-order valence-electron chi connectivity index (χ3n) is 2.77. The zero-order valence-corrected chi connectivity index (χ0v) is 9.26. The standard InChI is InChI=1S/C12H10ClFN2/c13-9-3-8(4-10(14)5-9)12-6-11(15-16-12)7-1-2-7/h3-7H,1-2H2,(H,15,16). The maximum absolute atomic E-state index is 13.2. The lowest BCUT2D eigenvalue weighted by Crippen LogP contribution is -1.81. The molecule has 0 amide bonds. The molecule has 2 nitrogen and oxygen atoms in total. The minimum absolute atomic E-state index is 0.335. The summed E-state index contributed by atoms with van der Waals surface area (Å²) in [6, 6.07) is 6.43. The van der Waals surface area contributed by atoms with E-state index in [9.17, 15) is 4.39 Å². The van der Waals surface area contributed by atoms with Crippen molar-refractivity contribution in [3.63, 3.8) is 0 Å². The number of halogens is 2. The molecule has 1 aliphatic carbocycles. The Bertz CT molecular complexity index is 511. The van der Waals surface area contributed by atoms with E-state index in [-0.39, 0.29) is 5.82 Å². The van der Waals surface area contributed by atoms with Crippen LogP contribution >= 0.6 is 11.6 Å². The lowest BCUT2D eigenvalue weighted by atomic mass is 10.1. The van der Waals surface area contributed by atoms with Gasteiger partial charge in [-0.3, -0.25) is 5.10 Å². The van der Waals surface area contributed by atoms with E-state index in [1.807, 2.05) is 6.07 Å². The molecule has 1 saturated carbocycles. The van der Waals surface area contributed by atoms with Gasteiger partial charge < -0.3 is 0 Å². The highest BCUT2D eigenvalue weighted by Crippen LogP contribution is 2.40. The maximum atomic E-state index is 13.2. The summed E-state index contributed by atoms with van der Waals surface area (Å²) in [5.74, 6) is 0.281. The van der Waals surface area contributed by atoms with Crippen molar-refractivity contribution in [2.45, 2.75) is 18.8 Å². The fourth-order valence-corrected chi connectivity index (χ4v) is 2.01. The van der Waals surface area contributed by atoms with Gasteiger partial charge in [0.05, 0.1) is 5.69 Å². The van der Waals surface area contributed by atoms with Gasteiger partial charge in [-0.15, -0.1) is 0 Å². The normalized spacial score (nSPS) is 15.4. The number of benzene rings is 1. The van der Waals surface area contributed by atoms with Crippen LogP contribution in [0.5, 0.6) is 0 Å². The van der Waals surface area contributed by atoms with Gasteiger partial charge in [0.1, 0.15) is 5.82 Å². The first-order valence-electron chi connectivity index (χ1n) is 5.24. The van der Waals surface area contributed by atoms with E-state index in [0.29, 0.717) is 16.5 Å². The monoisotopic (exact) mass is 236 g/mol. The smallest absolute Gasteiger partial charge is 0.125 e. The molecule has 82 valence electrons. The van der Waals surface area contributed by atoms with Crippen molar-refractivity contribution in [2.24, 2.45) is 0 Å². The Hall–Kier alpha value is -1.35. The summed E-state index contributed by atoms with van der Waals surface area (Å²) < 4.78 is 13.2. The van der Waals surface area contributed by atoms with Crippen LogP contribution in [0.3, 0.4) is 0 Å². The topological polar surface area (TPSA) is 28.7 Å². The molecule has 1 heterocycles. The molecule has 0 saturated heterocycles. The lowest BCUT2D eigenvalue weighted by molar-refractivity contribution is 0.628. The van der Waals surface area contributed by atoms with Crippen molar-refractivity contribution in [1.29, 1.82) is 0 Å². The molecule has 1 aromatic carbocycles. The quantitative estimate of drug-likeness (QED) is 0.845. The van der Waals surface area contributed by atoms with Gasteiger partial charge in [-0.25, -0.2) is 4.39 Å². The maximum Gasteiger partial charge on any atom is 0.125 e. The first-order chi connectivity index (χ1) is 7.72. The number of hydrogen-bond acceptors (Lipinski definition) is 1. The Morgan fingerprint density at radius 3 is 2.75 bits per heavy atom. The second-order valence-electron chi connectivity index (χ2n) is 4.14. The van der Waals surface area contributed by atoms with Crippen LogP contribution in [0.15, 0.2) is 24.3 Å². The Morgan fingerprint density at radius 2 is 2.06 bits per heavy atom. The lowest BCUT2D eigenvalue weighted by Gasteiger charge is -1.97. The molecular weight excluding hydrogens is 227 g/mol. The molecule has 0 bridgehead atoms. The van der Waals surface area contributed by atoms with E-state index < -0.39 is 0 Å². The molecule has 0 radical (unpaired) electrons. The van der Waals surface area contributed by atoms with E-state index in [1.54, 1.807) is 6.07 Å². The molecule has 16 heavy (non-hydrogen) atoms. The first-order valence-corrected chi connectivity index (χ1v) is 5.62. The molecule has 4 heteroatoms. The minimum atomic E-state index is -0.335. The van der Waals surface area contributed by atoms with Crippen LogP contribution in [0.1, 0.15) is 24.5 Å². The highest BCUT2D eigenvalue weighted by molar-refractivity contribution is 6.30. The summed E-state index contributed by atoms with van der Waals surface area (Å²) in [6.45, 7) is 0. The van der Waals surface area contributed by atoms with Crippen molar-refractivity contribution < 1.29 is 4.39 Å². The van der Waals surface area contributed by atoms with Crippen molar-refractivity contribution in [2.75, 3.05) is 0 Å². The number of nitrogens with zero attached hydrogens (tertiary/aromatic N) is 1. The molecule has 2 aromatic rings. The fourth-order valence-electron chi connectivity index (χ4n) is 1.79. The van der Waals surface area contributed by atoms with E-state index >= 15 is 0 Å². The first kappa shape index (κ1) is 9.85. The highest BCUT2D eigenvalue weighted by atomic mass is 35.5. The van der Waals surface area contributed by atoms with Crippen LogP contribution in [-0.2, 0) is 0 Å². The summed E-state index contributed by atoms with van der Waals surface area (Å²) in [6.07, 6.45) is 2.43. The van der Waals surface area contributed by atoms with Crippen molar-refractivity contribution in [3.05, 3.63) is 40.8 Å². The SMILES string of the molecule is Fc1cc(Cl)cc(-c2cc(C3CC3)[nH]n2)c1. The molecule has 1 fully saturated rings. The number of aromatic nitrogens is 2. The molecule has 1 N–H and O–H groups in total. The van der Waals surface area contributed by atoms with E-state index in [2.05, 4.69) is 10.2 Å². The predicted molar refractivity (Wildman–Crippen MR) is 61.0 cm³/mol. The van der Waals surface area contributed by atoms with Crippen molar-refractivity contribution in [1.82, 2.24) is 10.2 Å². The molecule has 1 aliphatic rings. The van der Waals surface area contributed by atoms with Gasteiger partial charge in [0.25, 0.3) is 0 Å². The molecule has 0 atom stereocenters. The van der Waals surface area contributed by atoms with Gasteiger partial charge >= 0.3 is 0 Å². The van der Waals surface area contributed by atoms with Gasteiger partial charge in [-0.2, -0.15) is 5.10 Å². The van der Waals surface area contributed by atoms with Crippen LogP contribution in [-0.4, -0.2) is 10.2 Å². The zero-order valence-electron chi connectivity index (χ0n) is 8.50. The fraction of sp³-hybridized carbons (Fsp3) is 0.250. The minimum Gasteiger partial charge on any atom is -0.282 e. The second kappa shape index (κ2) is 3.59. The molecule has 3 rings (SSSR count). The zero-order chi connectivity index (χ0) is 11.1. The van der Waals surface area contributed by atoms with Gasteiger partial charge in [0.15, 0.2) is 0 Å². The summed E-state index contributed by atoms with van der Waals surface area (Å²) >= 11 is 5.80. The van der Waals surface area contributed by atoms with Crippen LogP contribution in [0.2, 0.25) is 5.02 Å². The predicted octanol–water partition coefficient (Wildman–Crippen LogP) is 3.75. The Labute approximate surface area is 97.4 Å². The average molecular weight is 237 g/mol. The van der Waals surface area contributed by atoms with Crippen molar-refractivity contribution in [3.8, 4) is 11.3 Å². The third kappa shape index (κ3) is 1.83. The Kier molecular flexibility index (Phi) is 2.21. The van der Waals surface area contributed by atoms with E-state index in [4.69, 9.17) is 11.6 Å². The number of aromatic amines is 1. The molecular formula is C12H10ClFN2. The Morgan fingerprint density at radius 1 is 1.25 bits per heavy atom. The second-order valence-corrected chi connectivity index (χ2v) is 4.58. The van der Waals surface area contributed by atoms with Crippen LogP contribution in [0.4, 0.5) is 4.39 Å². The summed E-state index contributed by atoms with van der Waals surface area (Å²) in [5, 5.41) is 7.56. The highest BCUT2D eigenvalue weighted by Gasteiger charge is 2.25. The van der Waals surface area contributed by atoms with Crippen LogP contribution in [0.25, 0.3) is 11.3 Å². The van der Waals surface area contributed by atoms with Crippen LogP contribution in [0, 0.1) is 5.82 Å². The largest absolute Gasteiger partial charge is 0.282 e. The summed E-state index contributed by atoms with van der Waals surface area (Å²) in [5.41, 5.74) is 2.60. The van der Waals surface area contributed by atoms with Gasteiger partial charge in [0, 0.05) is 22.2 Å². The van der Waals surface area contributed by atoms with E-state index in [1.165, 1.54) is 25.0 Å². The number of H-pyrrole nitrogens is 1. The third-order valence-corrected chi connectivity index (χ3v) is 2.99. The van der Waals surface area contributed by atoms with Gasteiger partial charge in [-0.05, 0) is 37.1 Å². The van der Waals surface area contributed by atoms with Gasteiger partial charge in [-0.1, -0.05) is 11.6 Å². The molecule has 0 unspecified atom stereocenters. The number of hydrogen-bond donors (Lipinski definition) is 1.